The van der Waals surface area contributed by atoms with Crippen LogP contribution in [0, 0.1) is 0 Å². The van der Waals surface area contributed by atoms with E-state index in [1.54, 1.807) is 18.2 Å². The van der Waals surface area contributed by atoms with Crippen LogP contribution in [-0.2, 0) is 5.41 Å². The zero-order chi connectivity index (χ0) is 14.0. The average Bonchev–Trinajstić information content (AvgIpc) is 2.77. The van der Waals surface area contributed by atoms with Gasteiger partial charge in [-0.15, -0.1) is 11.3 Å². The van der Waals surface area contributed by atoms with Crippen molar-refractivity contribution in [2.45, 2.75) is 26.2 Å². The van der Waals surface area contributed by atoms with Crippen molar-refractivity contribution in [1.82, 2.24) is 9.97 Å². The first kappa shape index (κ1) is 14.0. The van der Waals surface area contributed by atoms with Gasteiger partial charge in [0.25, 0.3) is 5.91 Å². The lowest BCUT2D eigenvalue weighted by atomic mass is 9.93. The van der Waals surface area contributed by atoms with Gasteiger partial charge in [-0.1, -0.05) is 38.4 Å². The Balaban J connectivity index is 2.13. The number of amides is 1. The maximum Gasteiger partial charge on any atom is 0.276 e. The van der Waals surface area contributed by atoms with E-state index in [2.05, 4.69) is 36.1 Å². The van der Waals surface area contributed by atoms with Crippen molar-refractivity contribution >= 4 is 34.0 Å². The molecule has 0 radical (unpaired) electrons. The SMILES string of the molecule is CC(C)(C)c1csc(NC(=O)c2cccc(Cl)n2)n1. The number of hydrogen-bond donors (Lipinski definition) is 1. The Morgan fingerprint density at radius 3 is 2.63 bits per heavy atom. The molecule has 1 amide bonds. The first-order chi connectivity index (χ1) is 8.86. The molecule has 0 unspecified atom stereocenters. The van der Waals surface area contributed by atoms with Crippen LogP contribution in [0.3, 0.4) is 0 Å². The molecular weight excluding hydrogens is 282 g/mol. The highest BCUT2D eigenvalue weighted by Crippen LogP contribution is 2.26. The van der Waals surface area contributed by atoms with E-state index < -0.39 is 0 Å². The van der Waals surface area contributed by atoms with Crippen LogP contribution >= 0.6 is 22.9 Å². The molecule has 4 nitrogen and oxygen atoms in total. The number of aromatic nitrogens is 2. The summed E-state index contributed by atoms with van der Waals surface area (Å²) in [6, 6.07) is 4.92. The first-order valence-corrected chi connectivity index (χ1v) is 7.02. The highest BCUT2D eigenvalue weighted by molar-refractivity contribution is 7.14. The molecule has 0 saturated carbocycles. The van der Waals surface area contributed by atoms with Gasteiger partial charge in [-0.2, -0.15) is 0 Å². The minimum Gasteiger partial charge on any atom is -0.296 e. The molecule has 0 saturated heterocycles. The van der Waals surface area contributed by atoms with E-state index in [1.165, 1.54) is 11.3 Å². The third-order valence-electron chi connectivity index (χ3n) is 2.44. The summed E-state index contributed by atoms with van der Waals surface area (Å²) in [7, 11) is 0. The molecule has 2 rings (SSSR count). The molecule has 2 aromatic rings. The highest BCUT2D eigenvalue weighted by atomic mass is 35.5. The van der Waals surface area contributed by atoms with Crippen LogP contribution in [0.2, 0.25) is 5.15 Å². The normalized spacial score (nSPS) is 11.4. The van der Waals surface area contributed by atoms with E-state index >= 15 is 0 Å². The number of hydrogen-bond acceptors (Lipinski definition) is 4. The summed E-state index contributed by atoms with van der Waals surface area (Å²) < 4.78 is 0. The second-order valence-corrected chi connectivity index (χ2v) is 6.33. The van der Waals surface area contributed by atoms with E-state index in [4.69, 9.17) is 11.6 Å². The molecule has 2 aromatic heterocycles. The van der Waals surface area contributed by atoms with Gasteiger partial charge < -0.3 is 0 Å². The van der Waals surface area contributed by atoms with Crippen molar-refractivity contribution in [1.29, 1.82) is 0 Å². The Hall–Kier alpha value is -1.46. The van der Waals surface area contributed by atoms with E-state index in [0.717, 1.165) is 5.69 Å². The number of rotatable bonds is 2. The van der Waals surface area contributed by atoms with E-state index in [1.807, 2.05) is 5.38 Å². The predicted octanol–water partition coefficient (Wildman–Crippen LogP) is 3.74. The molecule has 0 spiro atoms. The zero-order valence-corrected chi connectivity index (χ0v) is 12.5. The number of nitrogens with one attached hydrogen (secondary N) is 1. The van der Waals surface area contributed by atoms with Crippen LogP contribution in [0.1, 0.15) is 37.0 Å². The third-order valence-corrected chi connectivity index (χ3v) is 3.41. The molecular formula is C13H14ClN3OS. The maximum atomic E-state index is 12.0. The van der Waals surface area contributed by atoms with Crippen molar-refractivity contribution in [3.8, 4) is 0 Å². The summed E-state index contributed by atoms with van der Waals surface area (Å²) in [6.45, 7) is 6.23. The molecule has 6 heteroatoms. The summed E-state index contributed by atoms with van der Waals surface area (Å²) in [5.74, 6) is -0.308. The monoisotopic (exact) mass is 295 g/mol. The van der Waals surface area contributed by atoms with Crippen LogP contribution < -0.4 is 5.32 Å². The molecule has 0 aliphatic carbocycles. The van der Waals surface area contributed by atoms with Gasteiger partial charge in [0.1, 0.15) is 10.8 Å². The minimum absolute atomic E-state index is 0.0339. The number of carbonyl (C=O) groups is 1. The molecule has 0 aliphatic heterocycles. The van der Waals surface area contributed by atoms with E-state index in [9.17, 15) is 4.79 Å². The molecule has 0 aliphatic rings. The van der Waals surface area contributed by atoms with Gasteiger partial charge in [0.05, 0.1) is 5.69 Å². The van der Waals surface area contributed by atoms with Crippen LogP contribution in [0.4, 0.5) is 5.13 Å². The molecule has 100 valence electrons. The topological polar surface area (TPSA) is 54.9 Å². The lowest BCUT2D eigenvalue weighted by Gasteiger charge is -2.14. The fraction of sp³-hybridized carbons (Fsp3) is 0.308. The summed E-state index contributed by atoms with van der Waals surface area (Å²) >= 11 is 7.15. The van der Waals surface area contributed by atoms with Crippen LogP contribution in [-0.4, -0.2) is 15.9 Å². The zero-order valence-electron chi connectivity index (χ0n) is 10.9. The minimum atomic E-state index is -0.308. The number of carbonyl (C=O) groups excluding carboxylic acids is 1. The van der Waals surface area contributed by atoms with Crippen molar-refractivity contribution < 1.29 is 4.79 Å². The van der Waals surface area contributed by atoms with Gasteiger partial charge in [-0.05, 0) is 12.1 Å². The standard InChI is InChI=1S/C13H14ClN3OS/c1-13(2,3)9-7-19-12(16-9)17-11(18)8-5-4-6-10(14)15-8/h4-7H,1-3H3,(H,16,17,18). The maximum absolute atomic E-state index is 12.0. The predicted molar refractivity (Wildman–Crippen MR) is 78.0 cm³/mol. The van der Waals surface area contributed by atoms with Crippen molar-refractivity contribution in [3.63, 3.8) is 0 Å². The van der Waals surface area contributed by atoms with Gasteiger partial charge in [0.15, 0.2) is 5.13 Å². The fourth-order valence-corrected chi connectivity index (χ4v) is 2.47. The first-order valence-electron chi connectivity index (χ1n) is 5.76. The number of halogens is 1. The average molecular weight is 296 g/mol. The Bertz CT molecular complexity index is 604. The van der Waals surface area contributed by atoms with Crippen molar-refractivity contribution in [2.75, 3.05) is 5.32 Å². The Kier molecular flexibility index (Phi) is 3.87. The summed E-state index contributed by atoms with van der Waals surface area (Å²) in [5.41, 5.74) is 1.19. The van der Waals surface area contributed by atoms with Crippen molar-refractivity contribution in [2.24, 2.45) is 0 Å². The Morgan fingerprint density at radius 2 is 2.05 bits per heavy atom. The summed E-state index contributed by atoms with van der Waals surface area (Å²) in [5, 5.41) is 5.53. The largest absolute Gasteiger partial charge is 0.296 e. The summed E-state index contributed by atoms with van der Waals surface area (Å²) in [6.07, 6.45) is 0. The van der Waals surface area contributed by atoms with Gasteiger partial charge in [0.2, 0.25) is 0 Å². The van der Waals surface area contributed by atoms with Crippen LogP contribution in [0.25, 0.3) is 0 Å². The summed E-state index contributed by atoms with van der Waals surface area (Å²) in [4.78, 5) is 20.3. The van der Waals surface area contributed by atoms with Gasteiger partial charge in [-0.25, -0.2) is 9.97 Å². The number of thiazole rings is 1. The molecule has 0 fully saturated rings. The quantitative estimate of drug-likeness (QED) is 0.859. The number of anilines is 1. The smallest absolute Gasteiger partial charge is 0.276 e. The fourth-order valence-electron chi connectivity index (χ4n) is 1.37. The van der Waals surface area contributed by atoms with E-state index in [-0.39, 0.29) is 17.0 Å². The van der Waals surface area contributed by atoms with Gasteiger partial charge in [-0.3, -0.25) is 10.1 Å². The molecule has 0 bridgehead atoms. The molecule has 0 atom stereocenters. The molecule has 2 heterocycles. The van der Waals surface area contributed by atoms with Gasteiger partial charge in [0, 0.05) is 10.8 Å². The second-order valence-electron chi connectivity index (χ2n) is 5.09. The van der Waals surface area contributed by atoms with E-state index in [0.29, 0.717) is 10.3 Å². The van der Waals surface area contributed by atoms with Crippen molar-refractivity contribution in [3.05, 3.63) is 40.1 Å². The Morgan fingerprint density at radius 1 is 1.32 bits per heavy atom. The molecule has 1 N–H and O–H groups in total. The third kappa shape index (κ3) is 3.52. The lowest BCUT2D eigenvalue weighted by Crippen LogP contribution is -2.15. The molecule has 19 heavy (non-hydrogen) atoms. The number of nitrogens with zero attached hydrogens (tertiary/aromatic N) is 2. The number of pyridine rings is 1. The molecule has 0 aromatic carbocycles. The lowest BCUT2D eigenvalue weighted by molar-refractivity contribution is 0.102. The second kappa shape index (κ2) is 5.27. The Labute approximate surface area is 120 Å². The highest BCUT2D eigenvalue weighted by Gasteiger charge is 2.18. The van der Waals surface area contributed by atoms with Crippen LogP contribution in [0.15, 0.2) is 23.6 Å². The van der Waals surface area contributed by atoms with Crippen LogP contribution in [0.5, 0.6) is 0 Å². The van der Waals surface area contributed by atoms with Gasteiger partial charge >= 0.3 is 0 Å².